The van der Waals surface area contributed by atoms with Gasteiger partial charge in [0, 0.05) is 12.0 Å². The van der Waals surface area contributed by atoms with Crippen molar-refractivity contribution in [3.8, 4) is 5.75 Å². The van der Waals surface area contributed by atoms with Crippen LogP contribution < -0.4 is 4.74 Å². The molecule has 2 atom stereocenters. The predicted octanol–water partition coefficient (Wildman–Crippen LogP) is 3.57. The van der Waals surface area contributed by atoms with Crippen molar-refractivity contribution in [1.29, 1.82) is 0 Å². The van der Waals surface area contributed by atoms with Crippen LogP contribution in [0.15, 0.2) is 18.2 Å². The van der Waals surface area contributed by atoms with Crippen LogP contribution in [0.3, 0.4) is 0 Å². The highest BCUT2D eigenvalue weighted by atomic mass is 19.3. The summed E-state index contributed by atoms with van der Waals surface area (Å²) in [6.07, 6.45) is 3.16. The summed E-state index contributed by atoms with van der Waals surface area (Å²) in [5, 5.41) is 0. The molecule has 0 aliphatic carbocycles. The molecule has 0 amide bonds. The van der Waals surface area contributed by atoms with Gasteiger partial charge in [0.2, 0.25) is 0 Å². The number of ketones is 1. The van der Waals surface area contributed by atoms with Crippen molar-refractivity contribution < 1.29 is 27.4 Å². The number of benzene rings is 1. The molecule has 0 spiro atoms. The lowest BCUT2D eigenvalue weighted by atomic mass is 9.87. The Kier molecular flexibility index (Phi) is 3.89. The van der Waals surface area contributed by atoms with E-state index in [0.717, 1.165) is 25.0 Å². The Hall–Kier alpha value is -1.56. The van der Waals surface area contributed by atoms with Crippen LogP contribution in [-0.4, -0.2) is 24.6 Å². The van der Waals surface area contributed by atoms with Crippen molar-refractivity contribution in [1.82, 2.24) is 0 Å². The molecule has 1 aromatic carbocycles. The smallest absolute Gasteiger partial charge is 0.387 e. The van der Waals surface area contributed by atoms with E-state index in [-0.39, 0.29) is 29.5 Å². The van der Waals surface area contributed by atoms with Crippen LogP contribution >= 0.6 is 0 Å². The molecule has 0 aromatic heterocycles. The molecule has 1 aromatic rings. The zero-order chi connectivity index (χ0) is 15.0. The summed E-state index contributed by atoms with van der Waals surface area (Å²) in [5.41, 5.74) is 0.0167. The molecular formula is C15H15F3O3. The van der Waals surface area contributed by atoms with E-state index in [1.807, 2.05) is 0 Å². The number of hydrogen-bond donors (Lipinski definition) is 0. The predicted molar refractivity (Wildman–Crippen MR) is 68.0 cm³/mol. The highest BCUT2D eigenvalue weighted by molar-refractivity contribution is 6.00. The van der Waals surface area contributed by atoms with Gasteiger partial charge in [0.25, 0.3) is 0 Å². The van der Waals surface area contributed by atoms with E-state index < -0.39 is 18.2 Å². The Bertz CT molecular complexity index is 535. The van der Waals surface area contributed by atoms with E-state index in [2.05, 4.69) is 4.74 Å². The fourth-order valence-electron chi connectivity index (χ4n) is 3.18. The van der Waals surface area contributed by atoms with Crippen LogP contribution in [0.5, 0.6) is 5.75 Å². The topological polar surface area (TPSA) is 35.5 Å². The van der Waals surface area contributed by atoms with E-state index in [9.17, 15) is 18.0 Å². The summed E-state index contributed by atoms with van der Waals surface area (Å²) in [6.45, 7) is -3.09. The average molecular weight is 300 g/mol. The standard InChI is InChI=1S/C15H15F3O3/c16-9-1-4-12(13(7-9)21-15(17)18)14(19)8-5-10-2-3-11(6-8)20-10/h1,4,7-8,10-11,15H,2-3,5-6H2. The molecule has 6 heteroatoms. The number of alkyl halides is 2. The minimum absolute atomic E-state index is 0.0167. The van der Waals surface area contributed by atoms with Gasteiger partial charge in [0.05, 0.1) is 17.8 Å². The quantitative estimate of drug-likeness (QED) is 0.797. The fourth-order valence-corrected chi connectivity index (χ4v) is 3.18. The van der Waals surface area contributed by atoms with Gasteiger partial charge in [-0.2, -0.15) is 8.78 Å². The molecule has 114 valence electrons. The van der Waals surface area contributed by atoms with Gasteiger partial charge in [-0.15, -0.1) is 0 Å². The Morgan fingerprint density at radius 1 is 1.24 bits per heavy atom. The van der Waals surface area contributed by atoms with Gasteiger partial charge < -0.3 is 9.47 Å². The molecule has 3 nitrogen and oxygen atoms in total. The summed E-state index contributed by atoms with van der Waals surface area (Å²) in [6, 6.07) is 3.12. The minimum atomic E-state index is -3.09. The molecule has 2 unspecified atom stereocenters. The molecule has 2 heterocycles. The maximum Gasteiger partial charge on any atom is 0.387 e. The van der Waals surface area contributed by atoms with E-state index in [4.69, 9.17) is 4.74 Å². The molecule has 2 bridgehead atoms. The van der Waals surface area contributed by atoms with E-state index in [0.29, 0.717) is 12.8 Å². The largest absolute Gasteiger partial charge is 0.434 e. The van der Waals surface area contributed by atoms with Crippen molar-refractivity contribution in [2.45, 2.75) is 44.5 Å². The van der Waals surface area contributed by atoms with Crippen LogP contribution in [0.1, 0.15) is 36.0 Å². The van der Waals surface area contributed by atoms with Crippen molar-refractivity contribution in [3.05, 3.63) is 29.6 Å². The van der Waals surface area contributed by atoms with E-state index >= 15 is 0 Å². The lowest BCUT2D eigenvalue weighted by molar-refractivity contribution is -0.0506. The third-order valence-corrected chi connectivity index (χ3v) is 4.09. The first-order valence-electron chi connectivity index (χ1n) is 6.97. The van der Waals surface area contributed by atoms with Crippen LogP contribution in [0.2, 0.25) is 0 Å². The molecule has 2 saturated heterocycles. The van der Waals surface area contributed by atoms with Crippen LogP contribution in [0.25, 0.3) is 0 Å². The molecule has 3 rings (SSSR count). The lowest BCUT2D eigenvalue weighted by Crippen LogP contribution is -2.30. The highest BCUT2D eigenvalue weighted by Gasteiger charge is 2.38. The Balaban J connectivity index is 1.83. The van der Waals surface area contributed by atoms with Gasteiger partial charge in [-0.05, 0) is 37.8 Å². The molecule has 21 heavy (non-hydrogen) atoms. The monoisotopic (exact) mass is 300 g/mol. The molecule has 2 aliphatic rings. The second kappa shape index (κ2) is 5.67. The number of fused-ring (bicyclic) bond motifs is 2. The number of carbonyl (C=O) groups excluding carboxylic acids is 1. The van der Waals surface area contributed by atoms with Gasteiger partial charge >= 0.3 is 6.61 Å². The SMILES string of the molecule is O=C(c1ccc(F)cc1OC(F)F)C1CC2CCC(C1)O2. The number of Topliss-reactive ketones (excluding diaryl/α,β-unsaturated/α-hetero) is 1. The number of rotatable bonds is 4. The second-order valence-electron chi connectivity index (χ2n) is 5.51. The molecular weight excluding hydrogens is 285 g/mol. The van der Waals surface area contributed by atoms with Crippen LogP contribution in [0.4, 0.5) is 13.2 Å². The highest BCUT2D eigenvalue weighted by Crippen LogP contribution is 2.38. The first-order chi connectivity index (χ1) is 10.0. The zero-order valence-corrected chi connectivity index (χ0v) is 11.2. The summed E-state index contributed by atoms with van der Waals surface area (Å²) < 4.78 is 47.9. The third-order valence-electron chi connectivity index (χ3n) is 4.09. The minimum Gasteiger partial charge on any atom is -0.434 e. The summed E-state index contributed by atoms with van der Waals surface area (Å²) in [4.78, 5) is 12.5. The summed E-state index contributed by atoms with van der Waals surface area (Å²) in [7, 11) is 0. The number of carbonyl (C=O) groups is 1. The zero-order valence-electron chi connectivity index (χ0n) is 11.2. The van der Waals surface area contributed by atoms with Gasteiger partial charge in [-0.1, -0.05) is 0 Å². The van der Waals surface area contributed by atoms with Gasteiger partial charge in [-0.25, -0.2) is 4.39 Å². The van der Waals surface area contributed by atoms with Crippen LogP contribution in [-0.2, 0) is 4.74 Å². The van der Waals surface area contributed by atoms with Crippen molar-refractivity contribution in [2.24, 2.45) is 5.92 Å². The summed E-state index contributed by atoms with van der Waals surface area (Å²) in [5.74, 6) is -1.66. The Labute approximate surface area is 120 Å². The normalized spacial score (nSPS) is 27.9. The summed E-state index contributed by atoms with van der Waals surface area (Å²) >= 11 is 0. The lowest BCUT2D eigenvalue weighted by Gasteiger charge is -2.27. The van der Waals surface area contributed by atoms with E-state index in [1.54, 1.807) is 0 Å². The number of ether oxygens (including phenoxy) is 2. The molecule has 2 fully saturated rings. The first-order valence-corrected chi connectivity index (χ1v) is 6.97. The van der Waals surface area contributed by atoms with Crippen LogP contribution in [0, 0.1) is 11.7 Å². The Morgan fingerprint density at radius 3 is 2.52 bits per heavy atom. The van der Waals surface area contributed by atoms with Gasteiger partial charge in [0.1, 0.15) is 11.6 Å². The maximum atomic E-state index is 13.2. The second-order valence-corrected chi connectivity index (χ2v) is 5.51. The molecule has 0 N–H and O–H groups in total. The van der Waals surface area contributed by atoms with E-state index in [1.165, 1.54) is 6.07 Å². The molecule has 0 radical (unpaired) electrons. The third kappa shape index (κ3) is 3.05. The fraction of sp³-hybridized carbons (Fsp3) is 0.533. The van der Waals surface area contributed by atoms with Crippen molar-refractivity contribution >= 4 is 5.78 Å². The first kappa shape index (κ1) is 14.4. The molecule has 2 aliphatic heterocycles. The average Bonchev–Trinajstić information content (AvgIpc) is 2.76. The Morgan fingerprint density at radius 2 is 1.90 bits per heavy atom. The van der Waals surface area contributed by atoms with Gasteiger partial charge in [0.15, 0.2) is 5.78 Å². The number of hydrogen-bond acceptors (Lipinski definition) is 3. The van der Waals surface area contributed by atoms with Crippen molar-refractivity contribution in [3.63, 3.8) is 0 Å². The molecule has 0 saturated carbocycles. The maximum absolute atomic E-state index is 13.2. The van der Waals surface area contributed by atoms with Gasteiger partial charge in [-0.3, -0.25) is 4.79 Å². The number of halogens is 3. The van der Waals surface area contributed by atoms with Crippen molar-refractivity contribution in [2.75, 3.05) is 0 Å².